The van der Waals surface area contributed by atoms with Crippen LogP contribution in [0.25, 0.3) is 0 Å². The Bertz CT molecular complexity index is 567. The molecule has 0 heterocycles. The minimum Gasteiger partial charge on any atom is -0.457 e. The third-order valence-corrected chi connectivity index (χ3v) is 3.11. The normalized spacial score (nSPS) is 10.2. The van der Waals surface area contributed by atoms with Gasteiger partial charge in [-0.1, -0.05) is 31.5 Å². The molecule has 2 aromatic rings. The molecular formula is C18H22N2O2. The molecule has 0 aromatic heterocycles. The van der Waals surface area contributed by atoms with Crippen molar-refractivity contribution in [3.05, 3.63) is 54.6 Å². The van der Waals surface area contributed by atoms with Crippen LogP contribution in [0.3, 0.4) is 0 Å². The fourth-order valence-corrected chi connectivity index (χ4v) is 1.94. The van der Waals surface area contributed by atoms with Crippen molar-refractivity contribution in [1.29, 1.82) is 0 Å². The van der Waals surface area contributed by atoms with Crippen molar-refractivity contribution in [3.63, 3.8) is 0 Å². The number of rotatable bonds is 8. The smallest absolute Gasteiger partial charge is 0.238 e. The maximum Gasteiger partial charge on any atom is 0.238 e. The van der Waals surface area contributed by atoms with Crippen LogP contribution < -0.4 is 15.4 Å². The Labute approximate surface area is 131 Å². The largest absolute Gasteiger partial charge is 0.457 e. The highest BCUT2D eigenvalue weighted by atomic mass is 16.5. The van der Waals surface area contributed by atoms with E-state index < -0.39 is 0 Å². The van der Waals surface area contributed by atoms with Gasteiger partial charge < -0.3 is 15.4 Å². The van der Waals surface area contributed by atoms with Gasteiger partial charge in [0.2, 0.25) is 5.91 Å². The number of carbonyl (C=O) groups excluding carboxylic acids is 1. The minimum absolute atomic E-state index is 0.0344. The quantitative estimate of drug-likeness (QED) is 0.729. The molecule has 4 heteroatoms. The first-order valence-corrected chi connectivity index (χ1v) is 7.61. The lowest BCUT2D eigenvalue weighted by Crippen LogP contribution is -2.28. The molecule has 0 spiro atoms. The van der Waals surface area contributed by atoms with E-state index in [4.69, 9.17) is 4.74 Å². The third-order valence-electron chi connectivity index (χ3n) is 3.11. The number of benzene rings is 2. The second-order valence-corrected chi connectivity index (χ2v) is 5.02. The molecule has 2 N–H and O–H groups in total. The summed E-state index contributed by atoms with van der Waals surface area (Å²) in [6, 6.07) is 16.9. The molecule has 0 unspecified atom stereocenters. The van der Waals surface area contributed by atoms with Gasteiger partial charge in [-0.05, 0) is 49.4 Å². The van der Waals surface area contributed by atoms with Crippen LogP contribution in [0.1, 0.15) is 19.8 Å². The Hall–Kier alpha value is -2.33. The highest BCUT2D eigenvalue weighted by molar-refractivity contribution is 5.92. The van der Waals surface area contributed by atoms with Gasteiger partial charge in [0.1, 0.15) is 11.5 Å². The van der Waals surface area contributed by atoms with Crippen LogP contribution in [0.5, 0.6) is 11.5 Å². The maximum absolute atomic E-state index is 11.7. The number of nitrogens with one attached hydrogen (secondary N) is 2. The number of hydrogen-bond donors (Lipinski definition) is 2. The maximum atomic E-state index is 11.7. The third kappa shape index (κ3) is 5.58. The van der Waals surface area contributed by atoms with Crippen molar-refractivity contribution in [2.24, 2.45) is 0 Å². The summed E-state index contributed by atoms with van der Waals surface area (Å²) in [6.07, 6.45) is 2.20. The monoisotopic (exact) mass is 298 g/mol. The van der Waals surface area contributed by atoms with Gasteiger partial charge in [0.05, 0.1) is 6.54 Å². The molecule has 4 nitrogen and oxygen atoms in total. The zero-order valence-corrected chi connectivity index (χ0v) is 12.8. The Morgan fingerprint density at radius 2 is 1.68 bits per heavy atom. The van der Waals surface area contributed by atoms with E-state index in [1.807, 2.05) is 54.6 Å². The average Bonchev–Trinajstić information content (AvgIpc) is 2.54. The molecule has 0 bridgehead atoms. The van der Waals surface area contributed by atoms with Crippen molar-refractivity contribution in [2.45, 2.75) is 19.8 Å². The van der Waals surface area contributed by atoms with Gasteiger partial charge in [-0.25, -0.2) is 0 Å². The minimum atomic E-state index is -0.0344. The SMILES string of the molecule is CCCCNCC(=O)Nc1ccc(Oc2ccccc2)cc1. The molecule has 0 aliphatic carbocycles. The number of hydrogen-bond acceptors (Lipinski definition) is 3. The summed E-state index contributed by atoms with van der Waals surface area (Å²) in [7, 11) is 0. The van der Waals surface area contributed by atoms with E-state index >= 15 is 0 Å². The summed E-state index contributed by atoms with van der Waals surface area (Å²) < 4.78 is 5.71. The van der Waals surface area contributed by atoms with Crippen LogP contribution in [0.2, 0.25) is 0 Å². The first kappa shape index (κ1) is 16.0. The van der Waals surface area contributed by atoms with E-state index in [0.29, 0.717) is 6.54 Å². The van der Waals surface area contributed by atoms with Crippen molar-refractivity contribution in [3.8, 4) is 11.5 Å². The molecule has 22 heavy (non-hydrogen) atoms. The van der Waals surface area contributed by atoms with E-state index in [2.05, 4.69) is 17.6 Å². The standard InChI is InChI=1S/C18H22N2O2/c1-2-3-13-19-14-18(21)20-15-9-11-17(12-10-15)22-16-7-5-4-6-8-16/h4-12,19H,2-3,13-14H2,1H3,(H,20,21). The van der Waals surface area contributed by atoms with Crippen molar-refractivity contribution in [2.75, 3.05) is 18.4 Å². The highest BCUT2D eigenvalue weighted by Crippen LogP contribution is 2.22. The summed E-state index contributed by atoms with van der Waals surface area (Å²) in [4.78, 5) is 11.7. The second-order valence-electron chi connectivity index (χ2n) is 5.02. The number of carbonyl (C=O) groups is 1. The summed E-state index contributed by atoms with van der Waals surface area (Å²) in [5, 5.41) is 5.97. The predicted molar refractivity (Wildman–Crippen MR) is 89.4 cm³/mol. The van der Waals surface area contributed by atoms with Crippen molar-refractivity contribution >= 4 is 11.6 Å². The zero-order valence-electron chi connectivity index (χ0n) is 12.8. The zero-order chi connectivity index (χ0) is 15.6. The Morgan fingerprint density at radius 1 is 1.00 bits per heavy atom. The fourth-order valence-electron chi connectivity index (χ4n) is 1.94. The number of ether oxygens (including phenoxy) is 1. The fraction of sp³-hybridized carbons (Fsp3) is 0.278. The van der Waals surface area contributed by atoms with Crippen LogP contribution in [-0.2, 0) is 4.79 Å². The van der Waals surface area contributed by atoms with Gasteiger partial charge >= 0.3 is 0 Å². The van der Waals surface area contributed by atoms with E-state index in [-0.39, 0.29) is 5.91 Å². The highest BCUT2D eigenvalue weighted by Gasteiger charge is 2.02. The van der Waals surface area contributed by atoms with Crippen LogP contribution in [0, 0.1) is 0 Å². The van der Waals surface area contributed by atoms with E-state index in [1.165, 1.54) is 0 Å². The van der Waals surface area contributed by atoms with Gasteiger partial charge in [0.15, 0.2) is 0 Å². The topological polar surface area (TPSA) is 50.4 Å². The van der Waals surface area contributed by atoms with Crippen LogP contribution in [-0.4, -0.2) is 19.0 Å². The molecular weight excluding hydrogens is 276 g/mol. The van der Waals surface area contributed by atoms with Gasteiger partial charge in [0, 0.05) is 5.69 Å². The molecule has 2 rings (SSSR count). The molecule has 116 valence electrons. The molecule has 2 aromatic carbocycles. The number of anilines is 1. The Morgan fingerprint density at radius 3 is 2.36 bits per heavy atom. The lowest BCUT2D eigenvalue weighted by Gasteiger charge is -2.08. The second kappa shape index (κ2) is 8.85. The van der Waals surface area contributed by atoms with Crippen molar-refractivity contribution in [1.82, 2.24) is 5.32 Å². The van der Waals surface area contributed by atoms with Crippen LogP contribution >= 0.6 is 0 Å². The van der Waals surface area contributed by atoms with Gasteiger partial charge in [-0.2, -0.15) is 0 Å². The molecule has 0 radical (unpaired) electrons. The number of para-hydroxylation sites is 1. The van der Waals surface area contributed by atoms with Gasteiger partial charge in [-0.15, -0.1) is 0 Å². The number of unbranched alkanes of at least 4 members (excludes halogenated alkanes) is 1. The lowest BCUT2D eigenvalue weighted by atomic mass is 10.3. The van der Waals surface area contributed by atoms with E-state index in [0.717, 1.165) is 36.6 Å². The average molecular weight is 298 g/mol. The molecule has 0 aliphatic rings. The van der Waals surface area contributed by atoms with Crippen LogP contribution in [0.15, 0.2) is 54.6 Å². The molecule has 0 saturated heterocycles. The summed E-state index contributed by atoms with van der Waals surface area (Å²) >= 11 is 0. The summed E-state index contributed by atoms with van der Waals surface area (Å²) in [6.45, 7) is 3.33. The molecule has 0 atom stereocenters. The Kier molecular flexibility index (Phi) is 6.45. The predicted octanol–water partition coefficient (Wildman–Crippen LogP) is 3.81. The summed E-state index contributed by atoms with van der Waals surface area (Å²) in [5.74, 6) is 1.50. The molecule has 0 aliphatic heterocycles. The van der Waals surface area contributed by atoms with Gasteiger partial charge in [-0.3, -0.25) is 4.79 Å². The first-order valence-electron chi connectivity index (χ1n) is 7.61. The molecule has 0 saturated carbocycles. The van der Waals surface area contributed by atoms with E-state index in [1.54, 1.807) is 0 Å². The lowest BCUT2D eigenvalue weighted by molar-refractivity contribution is -0.115. The van der Waals surface area contributed by atoms with Crippen molar-refractivity contribution < 1.29 is 9.53 Å². The first-order chi connectivity index (χ1) is 10.8. The number of amides is 1. The van der Waals surface area contributed by atoms with E-state index in [9.17, 15) is 4.79 Å². The molecule has 1 amide bonds. The summed E-state index contributed by atoms with van der Waals surface area (Å²) in [5.41, 5.74) is 0.766. The van der Waals surface area contributed by atoms with Crippen LogP contribution in [0.4, 0.5) is 5.69 Å². The Balaban J connectivity index is 1.80. The molecule has 0 fully saturated rings. The van der Waals surface area contributed by atoms with Gasteiger partial charge in [0.25, 0.3) is 0 Å².